The van der Waals surface area contributed by atoms with E-state index in [1.807, 2.05) is 24.3 Å². The van der Waals surface area contributed by atoms with Crippen molar-refractivity contribution in [3.05, 3.63) is 29.8 Å². The Morgan fingerprint density at radius 3 is 2.20 bits per heavy atom. The van der Waals surface area contributed by atoms with Gasteiger partial charge in [0, 0.05) is 12.8 Å². The van der Waals surface area contributed by atoms with E-state index in [4.69, 9.17) is 17.4 Å². The number of hydrogen-bond donors (Lipinski definition) is 0. The lowest BCUT2D eigenvalue weighted by atomic mass is 10.2. The molecular weight excluding hydrogens is 266 g/mol. The first-order valence-electron chi connectivity index (χ1n) is 7.68. The lowest BCUT2D eigenvalue weighted by molar-refractivity contribution is -0.897. The Hall–Kier alpha value is -0.670. The highest BCUT2D eigenvalue weighted by Crippen LogP contribution is 2.16. The van der Waals surface area contributed by atoms with Crippen LogP contribution < -0.4 is 4.74 Å². The quantitative estimate of drug-likeness (QED) is 0.604. The summed E-state index contributed by atoms with van der Waals surface area (Å²) in [5.41, 5.74) is 1.16. The summed E-state index contributed by atoms with van der Waals surface area (Å²) in [6.07, 6.45) is 5.69. The Labute approximate surface area is 130 Å². The topological polar surface area (TPSA) is 9.23 Å². The maximum absolute atomic E-state index is 4.98. The summed E-state index contributed by atoms with van der Waals surface area (Å²) in [5.74, 6) is 1.55. The van der Waals surface area contributed by atoms with Gasteiger partial charge in [0.05, 0.1) is 33.8 Å². The molecular formula is C17H29NOS. The summed E-state index contributed by atoms with van der Waals surface area (Å²) in [7, 11) is 4.06. The third-order valence-electron chi connectivity index (χ3n) is 4.02. The van der Waals surface area contributed by atoms with Gasteiger partial charge in [0.2, 0.25) is 0 Å². The van der Waals surface area contributed by atoms with Crippen LogP contribution in [0.1, 0.15) is 38.2 Å². The SMILES string of the molecule is CCCC[N+]1(C)CCCC1.COc1ccc(C[S-])cc1. The van der Waals surface area contributed by atoms with E-state index in [9.17, 15) is 0 Å². The molecule has 114 valence electrons. The Kier molecular flexibility index (Phi) is 8.08. The Morgan fingerprint density at radius 1 is 1.15 bits per heavy atom. The minimum Gasteiger partial charge on any atom is -0.788 e. The van der Waals surface area contributed by atoms with E-state index < -0.39 is 0 Å². The van der Waals surface area contributed by atoms with Crippen molar-refractivity contribution in [2.45, 2.75) is 38.4 Å². The maximum Gasteiger partial charge on any atom is 0.118 e. The number of unbranched alkanes of at least 4 members (excludes halogenated alkanes) is 1. The van der Waals surface area contributed by atoms with E-state index in [1.54, 1.807) is 7.11 Å². The van der Waals surface area contributed by atoms with Crippen molar-refractivity contribution >= 4 is 12.6 Å². The Morgan fingerprint density at radius 2 is 1.75 bits per heavy atom. The summed E-state index contributed by atoms with van der Waals surface area (Å²) >= 11 is 4.86. The van der Waals surface area contributed by atoms with Gasteiger partial charge in [0.1, 0.15) is 5.75 Å². The normalized spacial score (nSPS) is 16.4. The van der Waals surface area contributed by atoms with Gasteiger partial charge in [-0.15, -0.1) is 0 Å². The van der Waals surface area contributed by atoms with E-state index >= 15 is 0 Å². The van der Waals surface area contributed by atoms with Gasteiger partial charge < -0.3 is 21.8 Å². The number of hydrogen-bond acceptors (Lipinski definition) is 2. The molecule has 20 heavy (non-hydrogen) atoms. The fraction of sp³-hybridized carbons (Fsp3) is 0.647. The lowest BCUT2D eigenvalue weighted by Crippen LogP contribution is -2.41. The number of likely N-dealkylation sites (tertiary alicyclic amines) is 1. The standard InChI is InChI=1S/C9H20N.C8H10OS/c1-3-4-7-10(2)8-5-6-9-10;1-9-8-4-2-7(6-10)3-5-8/h3-9H2,1-2H3;2-5,10H,6H2,1H3/q+1;/p-1. The van der Waals surface area contributed by atoms with Crippen molar-refractivity contribution in [2.24, 2.45) is 0 Å². The van der Waals surface area contributed by atoms with Gasteiger partial charge in [0.15, 0.2) is 0 Å². The molecule has 1 saturated heterocycles. The fourth-order valence-corrected chi connectivity index (χ4v) is 2.78. The second kappa shape index (κ2) is 9.30. The molecule has 0 amide bonds. The van der Waals surface area contributed by atoms with E-state index in [1.165, 1.54) is 49.8 Å². The molecule has 2 nitrogen and oxygen atoms in total. The van der Waals surface area contributed by atoms with Crippen molar-refractivity contribution in [1.82, 2.24) is 0 Å². The Balaban J connectivity index is 0.000000200. The first-order chi connectivity index (χ1) is 9.63. The molecule has 0 spiro atoms. The van der Waals surface area contributed by atoms with Gasteiger partial charge in [-0.1, -0.05) is 31.0 Å². The largest absolute Gasteiger partial charge is 0.788 e. The van der Waals surface area contributed by atoms with Crippen LogP contribution in [0.2, 0.25) is 0 Å². The molecule has 0 aromatic heterocycles. The molecule has 0 N–H and O–H groups in total. The number of methoxy groups -OCH3 is 1. The van der Waals surface area contributed by atoms with Crippen molar-refractivity contribution in [3.8, 4) is 5.75 Å². The third kappa shape index (κ3) is 6.19. The zero-order chi connectivity index (χ0) is 14.8. The van der Waals surface area contributed by atoms with Crippen LogP contribution >= 0.6 is 0 Å². The molecule has 1 aromatic carbocycles. The van der Waals surface area contributed by atoms with Crippen LogP contribution in [-0.2, 0) is 18.4 Å². The summed E-state index contributed by atoms with van der Waals surface area (Å²) in [6.45, 7) is 6.55. The van der Waals surface area contributed by atoms with Crippen molar-refractivity contribution < 1.29 is 9.22 Å². The maximum atomic E-state index is 4.98. The molecule has 3 heteroatoms. The summed E-state index contributed by atoms with van der Waals surface area (Å²) in [4.78, 5) is 0. The number of nitrogens with zero attached hydrogens (tertiary/aromatic N) is 1. The van der Waals surface area contributed by atoms with Crippen molar-refractivity contribution in [2.75, 3.05) is 33.8 Å². The molecule has 0 unspecified atom stereocenters. The monoisotopic (exact) mass is 295 g/mol. The second-order valence-corrected chi connectivity index (χ2v) is 6.13. The third-order valence-corrected chi connectivity index (χ3v) is 4.36. The zero-order valence-corrected chi connectivity index (χ0v) is 14.0. The molecule has 1 heterocycles. The van der Waals surface area contributed by atoms with E-state index in [0.29, 0.717) is 5.75 Å². The number of benzene rings is 1. The van der Waals surface area contributed by atoms with Crippen LogP contribution in [-0.4, -0.2) is 38.3 Å². The van der Waals surface area contributed by atoms with Crippen LogP contribution in [0.3, 0.4) is 0 Å². The predicted octanol–water partition coefficient (Wildman–Crippen LogP) is 3.77. The zero-order valence-electron chi connectivity index (χ0n) is 13.2. The van der Waals surface area contributed by atoms with Crippen LogP contribution in [0.4, 0.5) is 0 Å². The van der Waals surface area contributed by atoms with E-state index in [2.05, 4.69) is 14.0 Å². The van der Waals surface area contributed by atoms with Gasteiger partial charge in [-0.05, 0) is 18.6 Å². The minimum atomic E-state index is 0.671. The van der Waals surface area contributed by atoms with Gasteiger partial charge in [-0.2, -0.15) is 5.75 Å². The molecule has 0 bridgehead atoms. The highest BCUT2D eigenvalue weighted by Gasteiger charge is 2.25. The first kappa shape index (κ1) is 17.4. The van der Waals surface area contributed by atoms with Crippen LogP contribution in [0.25, 0.3) is 0 Å². The van der Waals surface area contributed by atoms with Crippen LogP contribution in [0, 0.1) is 0 Å². The molecule has 0 saturated carbocycles. The molecule has 2 rings (SSSR count). The minimum absolute atomic E-state index is 0.671. The number of rotatable bonds is 5. The highest BCUT2D eigenvalue weighted by atomic mass is 32.1. The van der Waals surface area contributed by atoms with Gasteiger partial charge in [0.25, 0.3) is 0 Å². The Bertz CT molecular complexity index is 335. The molecule has 0 atom stereocenters. The fourth-order valence-electron chi connectivity index (χ4n) is 2.58. The van der Waals surface area contributed by atoms with Gasteiger partial charge >= 0.3 is 0 Å². The van der Waals surface area contributed by atoms with E-state index in [-0.39, 0.29) is 0 Å². The predicted molar refractivity (Wildman–Crippen MR) is 89.0 cm³/mol. The smallest absolute Gasteiger partial charge is 0.118 e. The molecule has 1 aliphatic heterocycles. The van der Waals surface area contributed by atoms with Crippen molar-refractivity contribution in [3.63, 3.8) is 0 Å². The van der Waals surface area contributed by atoms with E-state index in [0.717, 1.165) is 11.3 Å². The summed E-state index contributed by atoms with van der Waals surface area (Å²) < 4.78 is 6.33. The molecule has 0 radical (unpaired) electrons. The molecule has 1 aromatic rings. The molecule has 1 aliphatic rings. The average molecular weight is 295 g/mol. The molecule has 1 fully saturated rings. The van der Waals surface area contributed by atoms with Crippen LogP contribution in [0.5, 0.6) is 5.75 Å². The van der Waals surface area contributed by atoms with Gasteiger partial charge in [-0.25, -0.2) is 0 Å². The lowest BCUT2D eigenvalue weighted by Gasteiger charge is -2.28. The van der Waals surface area contributed by atoms with Crippen molar-refractivity contribution in [1.29, 1.82) is 0 Å². The first-order valence-corrected chi connectivity index (χ1v) is 8.26. The van der Waals surface area contributed by atoms with Crippen LogP contribution in [0.15, 0.2) is 24.3 Å². The number of quaternary nitrogens is 1. The average Bonchev–Trinajstić information content (AvgIpc) is 2.93. The summed E-state index contributed by atoms with van der Waals surface area (Å²) in [6, 6.07) is 7.79. The molecule has 0 aliphatic carbocycles. The van der Waals surface area contributed by atoms with Gasteiger partial charge in [-0.3, -0.25) is 0 Å². The summed E-state index contributed by atoms with van der Waals surface area (Å²) in [5, 5.41) is 0. The highest BCUT2D eigenvalue weighted by molar-refractivity contribution is 7.57. The number of ether oxygens (including phenoxy) is 1. The second-order valence-electron chi connectivity index (χ2n) is 5.84.